The number of hydrogen-bond acceptors (Lipinski definition) is 3. The summed E-state index contributed by atoms with van der Waals surface area (Å²) in [5.74, 6) is -0.483. The second kappa shape index (κ2) is 5.22. The Morgan fingerprint density at radius 1 is 1.43 bits per heavy atom. The van der Waals surface area contributed by atoms with Crippen molar-refractivity contribution in [2.45, 2.75) is 31.8 Å². The number of halogens is 1. The Morgan fingerprint density at radius 3 is 2.90 bits per heavy atom. The van der Waals surface area contributed by atoms with E-state index in [1.807, 2.05) is 4.90 Å². The van der Waals surface area contributed by atoms with Crippen LogP contribution in [-0.2, 0) is 4.79 Å². The van der Waals surface area contributed by atoms with Gasteiger partial charge in [0.1, 0.15) is 11.8 Å². The number of aromatic hydroxyl groups is 1. The molecule has 6 heteroatoms. The maximum absolute atomic E-state index is 12.6. The highest BCUT2D eigenvalue weighted by Gasteiger charge is 2.42. The summed E-state index contributed by atoms with van der Waals surface area (Å²) in [6.07, 6.45) is 1.91. The van der Waals surface area contributed by atoms with E-state index in [0.717, 1.165) is 19.4 Å². The minimum absolute atomic E-state index is 0.00875. The molecule has 3 rings (SSSR count). The molecule has 112 valence electrons. The van der Waals surface area contributed by atoms with Gasteiger partial charge < -0.3 is 14.9 Å². The summed E-state index contributed by atoms with van der Waals surface area (Å²) in [4.78, 5) is 28.4. The van der Waals surface area contributed by atoms with Crippen LogP contribution in [0.25, 0.3) is 0 Å². The van der Waals surface area contributed by atoms with Crippen LogP contribution in [0.3, 0.4) is 0 Å². The van der Waals surface area contributed by atoms with Crippen LogP contribution < -0.4 is 0 Å². The van der Waals surface area contributed by atoms with Crippen LogP contribution in [0.5, 0.6) is 5.75 Å². The highest BCUT2D eigenvalue weighted by Crippen LogP contribution is 2.29. The third-order valence-electron chi connectivity index (χ3n) is 4.34. The molecule has 2 heterocycles. The molecule has 2 amide bonds. The van der Waals surface area contributed by atoms with E-state index in [-0.39, 0.29) is 29.2 Å². The van der Waals surface area contributed by atoms with Crippen LogP contribution in [-0.4, -0.2) is 51.9 Å². The molecule has 2 aliphatic rings. The van der Waals surface area contributed by atoms with Crippen LogP contribution in [0.15, 0.2) is 18.2 Å². The van der Waals surface area contributed by atoms with Crippen molar-refractivity contribution >= 4 is 23.4 Å². The minimum Gasteiger partial charge on any atom is -0.507 e. The molecular formula is C15H17ClN2O3. The van der Waals surface area contributed by atoms with Gasteiger partial charge in [-0.15, -0.1) is 0 Å². The topological polar surface area (TPSA) is 60.9 Å². The Bertz CT molecular complexity index is 605. The SMILES string of the molecule is C[C@@H]1C(=O)N2CCC[C@H]2CN1C(=O)c1ccc(Cl)cc1O. The van der Waals surface area contributed by atoms with E-state index >= 15 is 0 Å². The van der Waals surface area contributed by atoms with Crippen LogP contribution in [0.4, 0.5) is 0 Å². The molecule has 5 nitrogen and oxygen atoms in total. The van der Waals surface area contributed by atoms with Gasteiger partial charge in [-0.3, -0.25) is 9.59 Å². The minimum atomic E-state index is -0.498. The molecular weight excluding hydrogens is 292 g/mol. The third-order valence-corrected chi connectivity index (χ3v) is 4.58. The zero-order valence-corrected chi connectivity index (χ0v) is 12.5. The molecule has 1 aromatic carbocycles. The molecule has 0 radical (unpaired) electrons. The molecule has 1 aromatic rings. The fourth-order valence-corrected chi connectivity index (χ4v) is 3.34. The average molecular weight is 309 g/mol. The van der Waals surface area contributed by atoms with Gasteiger partial charge in [0.2, 0.25) is 5.91 Å². The molecule has 0 aliphatic carbocycles. The molecule has 2 atom stereocenters. The maximum Gasteiger partial charge on any atom is 0.258 e. The summed E-state index contributed by atoms with van der Waals surface area (Å²) in [6.45, 7) is 3.04. The van der Waals surface area contributed by atoms with Gasteiger partial charge in [0, 0.05) is 24.2 Å². The van der Waals surface area contributed by atoms with Gasteiger partial charge in [0.25, 0.3) is 5.91 Å². The predicted molar refractivity (Wildman–Crippen MR) is 78.4 cm³/mol. The second-order valence-corrected chi connectivity index (χ2v) is 6.06. The molecule has 21 heavy (non-hydrogen) atoms. The highest BCUT2D eigenvalue weighted by molar-refractivity contribution is 6.30. The molecule has 2 saturated heterocycles. The van der Waals surface area contributed by atoms with Gasteiger partial charge in [-0.25, -0.2) is 0 Å². The van der Waals surface area contributed by atoms with Gasteiger partial charge in [0.15, 0.2) is 0 Å². The summed E-state index contributed by atoms with van der Waals surface area (Å²) < 4.78 is 0. The number of nitrogens with zero attached hydrogens (tertiary/aromatic N) is 2. The average Bonchev–Trinajstić information content (AvgIpc) is 2.90. The fraction of sp³-hybridized carbons (Fsp3) is 0.467. The number of benzene rings is 1. The number of rotatable bonds is 1. The standard InChI is InChI=1S/C15H17ClN2O3/c1-9-14(20)17-6-2-3-11(17)8-18(9)15(21)12-5-4-10(16)7-13(12)19/h4-5,7,9,11,19H,2-3,6,8H2,1H3/t9-,11+/m1/s1. The van der Waals surface area contributed by atoms with Crippen molar-refractivity contribution in [1.82, 2.24) is 9.80 Å². The Hall–Kier alpha value is -1.75. The second-order valence-electron chi connectivity index (χ2n) is 5.62. The molecule has 2 aliphatic heterocycles. The number of amides is 2. The largest absolute Gasteiger partial charge is 0.507 e. The lowest BCUT2D eigenvalue weighted by atomic mass is 10.0. The van der Waals surface area contributed by atoms with Gasteiger partial charge in [-0.2, -0.15) is 0 Å². The number of carbonyl (C=O) groups excluding carboxylic acids is 2. The van der Waals surface area contributed by atoms with Crippen LogP contribution in [0.1, 0.15) is 30.1 Å². The lowest BCUT2D eigenvalue weighted by molar-refractivity contribution is -0.141. The molecule has 0 aromatic heterocycles. The fourth-order valence-electron chi connectivity index (χ4n) is 3.17. The van der Waals surface area contributed by atoms with Crippen molar-refractivity contribution in [2.24, 2.45) is 0 Å². The summed E-state index contributed by atoms with van der Waals surface area (Å²) in [5, 5.41) is 10.3. The van der Waals surface area contributed by atoms with E-state index in [9.17, 15) is 14.7 Å². The van der Waals surface area contributed by atoms with Crippen molar-refractivity contribution in [3.63, 3.8) is 0 Å². The molecule has 0 saturated carbocycles. The van der Waals surface area contributed by atoms with Gasteiger partial charge >= 0.3 is 0 Å². The van der Waals surface area contributed by atoms with E-state index in [1.54, 1.807) is 17.9 Å². The van der Waals surface area contributed by atoms with Crippen LogP contribution in [0, 0.1) is 0 Å². The number of fused-ring (bicyclic) bond motifs is 1. The van der Waals surface area contributed by atoms with E-state index in [1.165, 1.54) is 12.1 Å². The van der Waals surface area contributed by atoms with Gasteiger partial charge in [-0.05, 0) is 38.0 Å². The quantitative estimate of drug-likeness (QED) is 0.861. The monoisotopic (exact) mass is 308 g/mol. The highest BCUT2D eigenvalue weighted by atomic mass is 35.5. The first kappa shape index (κ1) is 14.2. The lowest BCUT2D eigenvalue weighted by Gasteiger charge is -2.41. The molecule has 0 bridgehead atoms. The Labute approximate surface area is 128 Å². The first-order valence-electron chi connectivity index (χ1n) is 7.09. The van der Waals surface area contributed by atoms with Gasteiger partial charge in [0.05, 0.1) is 5.56 Å². The zero-order valence-electron chi connectivity index (χ0n) is 11.8. The van der Waals surface area contributed by atoms with Crippen LogP contribution in [0.2, 0.25) is 5.02 Å². The van der Waals surface area contributed by atoms with Crippen molar-refractivity contribution in [1.29, 1.82) is 0 Å². The summed E-state index contributed by atoms with van der Waals surface area (Å²) in [7, 11) is 0. The zero-order chi connectivity index (χ0) is 15.1. The van der Waals surface area contributed by atoms with E-state index in [2.05, 4.69) is 0 Å². The molecule has 0 unspecified atom stereocenters. The molecule has 1 N–H and O–H groups in total. The van der Waals surface area contributed by atoms with Crippen LogP contribution >= 0.6 is 11.6 Å². The summed E-state index contributed by atoms with van der Waals surface area (Å²) in [5.41, 5.74) is 0.186. The Morgan fingerprint density at radius 2 is 2.19 bits per heavy atom. The number of phenolic OH excluding ortho intramolecular Hbond substituents is 1. The van der Waals surface area contributed by atoms with Crippen molar-refractivity contribution in [3.05, 3.63) is 28.8 Å². The van der Waals surface area contributed by atoms with Crippen molar-refractivity contribution < 1.29 is 14.7 Å². The Balaban J connectivity index is 1.88. The first-order valence-corrected chi connectivity index (χ1v) is 7.47. The van der Waals surface area contributed by atoms with Gasteiger partial charge in [-0.1, -0.05) is 11.6 Å². The normalized spacial score (nSPS) is 25.1. The summed E-state index contributed by atoms with van der Waals surface area (Å²) in [6, 6.07) is 4.01. The third kappa shape index (κ3) is 2.35. The van der Waals surface area contributed by atoms with E-state index in [0.29, 0.717) is 11.6 Å². The number of hydrogen-bond donors (Lipinski definition) is 1. The number of phenols is 1. The summed E-state index contributed by atoms with van der Waals surface area (Å²) >= 11 is 5.79. The molecule has 0 spiro atoms. The number of piperazine rings is 1. The lowest BCUT2D eigenvalue weighted by Crippen LogP contribution is -2.60. The first-order chi connectivity index (χ1) is 9.99. The smallest absolute Gasteiger partial charge is 0.258 e. The van der Waals surface area contributed by atoms with Crippen molar-refractivity contribution in [2.75, 3.05) is 13.1 Å². The van der Waals surface area contributed by atoms with E-state index < -0.39 is 6.04 Å². The molecule has 2 fully saturated rings. The van der Waals surface area contributed by atoms with E-state index in [4.69, 9.17) is 11.6 Å². The maximum atomic E-state index is 12.6. The van der Waals surface area contributed by atoms with Crippen molar-refractivity contribution in [3.8, 4) is 5.75 Å². The predicted octanol–water partition coefficient (Wildman–Crippen LogP) is 1.88. The number of carbonyl (C=O) groups is 2. The Kier molecular flexibility index (Phi) is 3.53.